The molecule has 3 aromatic carbocycles. The summed E-state index contributed by atoms with van der Waals surface area (Å²) in [5.74, 6) is 0.860. The second-order valence-corrected chi connectivity index (χ2v) is 9.64. The van der Waals surface area contributed by atoms with Gasteiger partial charge in [-0.15, -0.1) is 23.8 Å². The first-order chi connectivity index (χ1) is 17.4. The Kier molecular flexibility index (Phi) is 6.10. The molecule has 6 heteroatoms. The van der Waals surface area contributed by atoms with E-state index in [-0.39, 0.29) is 32.2 Å². The molecule has 184 valence electrons. The van der Waals surface area contributed by atoms with E-state index < -0.39 is 0 Å². The van der Waals surface area contributed by atoms with Gasteiger partial charge in [-0.25, -0.2) is 4.98 Å². The fourth-order valence-electron chi connectivity index (χ4n) is 5.12. The molecule has 37 heavy (non-hydrogen) atoms. The van der Waals surface area contributed by atoms with Crippen LogP contribution in [-0.4, -0.2) is 15.1 Å². The summed E-state index contributed by atoms with van der Waals surface area (Å²) in [4.78, 5) is 11.6. The number of phenolic OH excluding ortho intramolecular Hbond substituents is 1. The number of benzene rings is 3. The molecule has 0 radical (unpaired) electrons. The number of fused-ring (bicyclic) bond motifs is 3. The van der Waals surface area contributed by atoms with Crippen LogP contribution in [0.4, 0.5) is 17.2 Å². The number of nitrogens with zero attached hydrogens (tertiary/aromatic N) is 4. The van der Waals surface area contributed by atoms with Gasteiger partial charge in [-0.2, -0.15) is 5.26 Å². The average Bonchev–Trinajstić information content (AvgIpc) is 2.88. The van der Waals surface area contributed by atoms with Crippen LogP contribution in [0.15, 0.2) is 79.0 Å². The molecule has 0 unspecified atom stereocenters. The van der Waals surface area contributed by atoms with Crippen molar-refractivity contribution in [1.82, 2.24) is 9.97 Å². The molecule has 0 spiro atoms. The summed E-state index contributed by atoms with van der Waals surface area (Å²) in [6.45, 7) is 6.50. The fourth-order valence-corrected chi connectivity index (χ4v) is 5.12. The molecular formula is C31H23N4OPt-. The molecule has 0 bridgehead atoms. The predicted octanol–water partition coefficient (Wildman–Crippen LogP) is 7.09. The van der Waals surface area contributed by atoms with Gasteiger partial charge in [0.05, 0.1) is 11.6 Å². The first kappa shape index (κ1) is 24.7. The summed E-state index contributed by atoms with van der Waals surface area (Å²) >= 11 is 0. The predicted molar refractivity (Wildman–Crippen MR) is 142 cm³/mol. The standard InChI is InChI=1S/C31H23N4O.Pt/c1-19-13-14-33-29(15-19)35-26-9-5-4-8-23(26)31(2,3)24-12-11-20(17-27(24)35)25-16-21(18-32)22-7-6-10-28(36)30(22)34-25;/h4-16,36H,1-3H3;/q-1;. The van der Waals surface area contributed by atoms with Crippen LogP contribution in [0.1, 0.15) is 36.1 Å². The van der Waals surface area contributed by atoms with Crippen molar-refractivity contribution >= 4 is 28.1 Å². The largest absolute Gasteiger partial charge is 0.506 e. The van der Waals surface area contributed by atoms with Crippen molar-refractivity contribution in [3.8, 4) is 23.1 Å². The van der Waals surface area contributed by atoms with E-state index in [1.54, 1.807) is 24.3 Å². The van der Waals surface area contributed by atoms with Gasteiger partial charge in [-0.3, -0.25) is 4.98 Å². The molecule has 0 aliphatic carbocycles. The van der Waals surface area contributed by atoms with Crippen LogP contribution in [0, 0.1) is 24.3 Å². The van der Waals surface area contributed by atoms with E-state index in [9.17, 15) is 10.4 Å². The number of aryl methyl sites for hydroxylation is 1. The van der Waals surface area contributed by atoms with E-state index in [4.69, 9.17) is 9.97 Å². The van der Waals surface area contributed by atoms with Gasteiger partial charge in [-0.05, 0) is 59.1 Å². The zero-order chi connectivity index (χ0) is 25.0. The molecule has 2 aromatic heterocycles. The molecule has 6 rings (SSSR count). The number of anilines is 3. The van der Waals surface area contributed by atoms with Crippen molar-refractivity contribution in [2.75, 3.05) is 4.90 Å². The van der Waals surface area contributed by atoms with E-state index in [1.807, 2.05) is 24.4 Å². The maximum atomic E-state index is 10.5. The monoisotopic (exact) mass is 662 g/mol. The normalized spacial score (nSPS) is 13.3. The van der Waals surface area contributed by atoms with Crippen LogP contribution in [0.25, 0.3) is 22.2 Å². The Morgan fingerprint density at radius 2 is 1.78 bits per heavy atom. The zero-order valence-corrected chi connectivity index (χ0v) is 22.8. The first-order valence-corrected chi connectivity index (χ1v) is 11.8. The average molecular weight is 663 g/mol. The van der Waals surface area contributed by atoms with Crippen LogP contribution in [0.3, 0.4) is 0 Å². The summed E-state index contributed by atoms with van der Waals surface area (Å²) in [5.41, 5.74) is 7.33. The molecule has 0 amide bonds. The van der Waals surface area contributed by atoms with Crippen molar-refractivity contribution in [3.05, 3.63) is 107 Å². The van der Waals surface area contributed by atoms with E-state index in [1.165, 1.54) is 5.56 Å². The quantitative estimate of drug-likeness (QED) is 0.205. The Morgan fingerprint density at radius 3 is 2.57 bits per heavy atom. The van der Waals surface area contributed by atoms with Crippen LogP contribution >= 0.6 is 0 Å². The van der Waals surface area contributed by atoms with Gasteiger partial charge in [0, 0.05) is 38.3 Å². The molecule has 5 aromatic rings. The van der Waals surface area contributed by atoms with E-state index in [0.29, 0.717) is 22.2 Å². The van der Waals surface area contributed by atoms with Crippen LogP contribution in [0.2, 0.25) is 0 Å². The van der Waals surface area contributed by atoms with E-state index >= 15 is 0 Å². The molecule has 1 aliphatic rings. The zero-order valence-electron chi connectivity index (χ0n) is 20.6. The van der Waals surface area contributed by atoms with Crippen molar-refractivity contribution < 1.29 is 26.2 Å². The van der Waals surface area contributed by atoms with Crippen LogP contribution in [0.5, 0.6) is 5.75 Å². The second-order valence-electron chi connectivity index (χ2n) is 9.64. The van der Waals surface area contributed by atoms with Gasteiger partial charge >= 0.3 is 0 Å². The third-order valence-electron chi connectivity index (χ3n) is 6.98. The number of para-hydroxylation sites is 2. The maximum absolute atomic E-state index is 10.5. The summed E-state index contributed by atoms with van der Waals surface area (Å²) in [5, 5.41) is 20.9. The molecular weight excluding hydrogens is 639 g/mol. The molecule has 0 fully saturated rings. The Morgan fingerprint density at radius 1 is 0.973 bits per heavy atom. The third kappa shape index (κ3) is 3.89. The Hall–Kier alpha value is -4.00. The van der Waals surface area contributed by atoms with E-state index in [0.717, 1.165) is 33.9 Å². The van der Waals surface area contributed by atoms with Crippen LogP contribution < -0.4 is 4.90 Å². The van der Waals surface area contributed by atoms with Crippen molar-refractivity contribution in [2.24, 2.45) is 0 Å². The van der Waals surface area contributed by atoms with Gasteiger partial charge in [-0.1, -0.05) is 55.8 Å². The minimum Gasteiger partial charge on any atom is -0.506 e. The Labute approximate surface area is 230 Å². The Bertz CT molecular complexity index is 1720. The summed E-state index contributed by atoms with van der Waals surface area (Å²) in [7, 11) is 0. The summed E-state index contributed by atoms with van der Waals surface area (Å²) in [6, 6.07) is 29.3. The summed E-state index contributed by atoms with van der Waals surface area (Å²) in [6.07, 6.45) is 1.82. The molecule has 0 saturated carbocycles. The number of hydrogen-bond acceptors (Lipinski definition) is 5. The fraction of sp³-hybridized carbons (Fsp3) is 0.129. The van der Waals surface area contributed by atoms with Gasteiger partial charge < -0.3 is 10.0 Å². The number of pyridine rings is 2. The number of nitriles is 1. The third-order valence-corrected chi connectivity index (χ3v) is 6.98. The van der Waals surface area contributed by atoms with Gasteiger partial charge in [0.25, 0.3) is 0 Å². The Balaban J connectivity index is 0.00000280. The number of phenols is 1. The van der Waals surface area contributed by atoms with Gasteiger partial charge in [0.15, 0.2) is 0 Å². The number of aromatic hydroxyl groups is 1. The minimum absolute atomic E-state index is 0. The van der Waals surface area contributed by atoms with Crippen molar-refractivity contribution in [1.29, 1.82) is 5.26 Å². The van der Waals surface area contributed by atoms with E-state index in [2.05, 4.69) is 68.1 Å². The molecule has 1 N–H and O–H groups in total. The molecule has 0 atom stereocenters. The molecule has 3 heterocycles. The second kappa shape index (κ2) is 9.14. The first-order valence-electron chi connectivity index (χ1n) is 11.8. The number of hydrogen-bond donors (Lipinski definition) is 1. The SMILES string of the molecule is Cc1ccnc(N2c3[c-]c(-c4cc(C#N)c5cccc(O)c5n4)ccc3C(C)(C)c3ccccc32)c1.[Pt]. The van der Waals surface area contributed by atoms with Gasteiger partial charge in [0.1, 0.15) is 17.1 Å². The topological polar surface area (TPSA) is 73.0 Å². The number of rotatable bonds is 2. The number of aromatic nitrogens is 2. The van der Waals surface area contributed by atoms with Crippen molar-refractivity contribution in [3.63, 3.8) is 0 Å². The van der Waals surface area contributed by atoms with Gasteiger partial charge in [0.2, 0.25) is 0 Å². The molecule has 1 aliphatic heterocycles. The van der Waals surface area contributed by atoms with Crippen molar-refractivity contribution in [2.45, 2.75) is 26.2 Å². The summed E-state index contributed by atoms with van der Waals surface area (Å²) < 4.78 is 0. The minimum atomic E-state index is -0.256. The molecule has 0 saturated heterocycles. The van der Waals surface area contributed by atoms with Crippen LogP contribution in [-0.2, 0) is 26.5 Å². The smallest absolute Gasteiger partial charge is 0.140 e. The molecule has 5 nitrogen and oxygen atoms in total. The maximum Gasteiger partial charge on any atom is 0.140 e.